The summed E-state index contributed by atoms with van der Waals surface area (Å²) in [5.74, 6) is 0. The van der Waals surface area contributed by atoms with Crippen LogP contribution in [0.15, 0.2) is 12.7 Å². The van der Waals surface area contributed by atoms with E-state index >= 15 is 0 Å². The zero-order valence-corrected chi connectivity index (χ0v) is 8.37. The molecule has 0 atom stereocenters. The van der Waals surface area contributed by atoms with Crippen molar-refractivity contribution in [3.8, 4) is 0 Å². The molecule has 4 heteroatoms. The third-order valence-electron chi connectivity index (χ3n) is 1.83. The Morgan fingerprint density at radius 3 is 2.29 bits per heavy atom. The van der Waals surface area contributed by atoms with Gasteiger partial charge in [0, 0.05) is 6.42 Å². The van der Waals surface area contributed by atoms with E-state index in [1.165, 1.54) is 0 Å². The van der Waals surface area contributed by atoms with Crippen molar-refractivity contribution in [2.24, 2.45) is 0 Å². The number of unbranched alkanes of at least 4 members (excludes halogenated alkanes) is 2. The van der Waals surface area contributed by atoms with E-state index in [1.807, 2.05) is 6.08 Å². The van der Waals surface area contributed by atoms with Gasteiger partial charge in [-0.15, -0.1) is 6.58 Å². The molecule has 0 aliphatic heterocycles. The summed E-state index contributed by atoms with van der Waals surface area (Å²) in [6.45, 7) is 5.12. The van der Waals surface area contributed by atoms with E-state index in [0.717, 1.165) is 19.4 Å². The number of alkyl halides is 3. The second kappa shape index (κ2) is 7.85. The van der Waals surface area contributed by atoms with Gasteiger partial charge in [0.15, 0.2) is 0 Å². The van der Waals surface area contributed by atoms with Crippen molar-refractivity contribution in [2.75, 3.05) is 13.1 Å². The quantitative estimate of drug-likeness (QED) is 0.478. The third-order valence-corrected chi connectivity index (χ3v) is 1.83. The molecule has 0 fully saturated rings. The molecule has 0 aliphatic carbocycles. The molecule has 1 nitrogen and oxygen atoms in total. The van der Waals surface area contributed by atoms with E-state index in [-0.39, 0.29) is 6.42 Å². The van der Waals surface area contributed by atoms with Gasteiger partial charge in [0.05, 0.1) is 0 Å². The molecule has 84 valence electrons. The van der Waals surface area contributed by atoms with E-state index in [0.29, 0.717) is 13.0 Å². The van der Waals surface area contributed by atoms with Crippen LogP contribution in [0.2, 0.25) is 0 Å². The van der Waals surface area contributed by atoms with E-state index in [2.05, 4.69) is 11.9 Å². The molecule has 0 heterocycles. The lowest BCUT2D eigenvalue weighted by atomic mass is 10.2. The molecule has 0 amide bonds. The summed E-state index contributed by atoms with van der Waals surface area (Å²) in [6.07, 6.45) is -0.0562. The number of nitrogens with one attached hydrogen (secondary N) is 1. The molecule has 0 aromatic carbocycles. The monoisotopic (exact) mass is 209 g/mol. The number of rotatable bonds is 8. The van der Waals surface area contributed by atoms with E-state index in [1.54, 1.807) is 0 Å². The number of allylic oxidation sites excluding steroid dienone is 1. The normalized spacial score (nSPS) is 11.6. The SMILES string of the molecule is C=CCCCNCCCCC(F)(F)F. The maximum absolute atomic E-state index is 11.7. The fourth-order valence-electron chi connectivity index (χ4n) is 1.07. The first kappa shape index (κ1) is 13.5. The second-order valence-electron chi connectivity index (χ2n) is 3.25. The molecular formula is C10H18F3N. The molecule has 1 N–H and O–H groups in total. The molecule has 0 aliphatic rings. The summed E-state index contributed by atoms with van der Waals surface area (Å²) in [5.41, 5.74) is 0. The van der Waals surface area contributed by atoms with Crippen molar-refractivity contribution in [3.63, 3.8) is 0 Å². The highest BCUT2D eigenvalue weighted by atomic mass is 19.4. The van der Waals surface area contributed by atoms with Gasteiger partial charge < -0.3 is 5.32 Å². The van der Waals surface area contributed by atoms with Gasteiger partial charge in [-0.3, -0.25) is 0 Å². The average Bonchev–Trinajstić information content (AvgIpc) is 2.08. The van der Waals surface area contributed by atoms with Crippen LogP contribution >= 0.6 is 0 Å². The van der Waals surface area contributed by atoms with Crippen LogP contribution in [0.5, 0.6) is 0 Å². The molecule has 0 aromatic rings. The zero-order valence-electron chi connectivity index (χ0n) is 8.37. The zero-order chi connectivity index (χ0) is 10.9. The van der Waals surface area contributed by atoms with Crippen molar-refractivity contribution < 1.29 is 13.2 Å². The van der Waals surface area contributed by atoms with Crippen LogP contribution in [0.1, 0.15) is 32.1 Å². The van der Waals surface area contributed by atoms with Gasteiger partial charge in [-0.2, -0.15) is 13.2 Å². The Bertz CT molecular complexity index is 143. The Hall–Kier alpha value is -0.510. The molecular weight excluding hydrogens is 191 g/mol. The Morgan fingerprint density at radius 2 is 1.71 bits per heavy atom. The molecule has 14 heavy (non-hydrogen) atoms. The first-order valence-corrected chi connectivity index (χ1v) is 4.94. The third kappa shape index (κ3) is 11.5. The summed E-state index contributed by atoms with van der Waals surface area (Å²) in [7, 11) is 0. The summed E-state index contributed by atoms with van der Waals surface area (Å²) in [6, 6.07) is 0. The van der Waals surface area contributed by atoms with E-state index < -0.39 is 12.6 Å². The fourth-order valence-corrected chi connectivity index (χ4v) is 1.07. The summed E-state index contributed by atoms with van der Waals surface area (Å²) >= 11 is 0. The van der Waals surface area contributed by atoms with Gasteiger partial charge in [0.1, 0.15) is 0 Å². The minimum atomic E-state index is -4.00. The highest BCUT2D eigenvalue weighted by Crippen LogP contribution is 2.21. The van der Waals surface area contributed by atoms with Gasteiger partial charge in [-0.25, -0.2) is 0 Å². The molecule has 0 spiro atoms. The van der Waals surface area contributed by atoms with Gasteiger partial charge in [0.25, 0.3) is 0 Å². The van der Waals surface area contributed by atoms with Crippen molar-refractivity contribution in [1.82, 2.24) is 5.32 Å². The maximum Gasteiger partial charge on any atom is 0.389 e. The fraction of sp³-hybridized carbons (Fsp3) is 0.800. The van der Waals surface area contributed by atoms with Crippen LogP contribution in [0.25, 0.3) is 0 Å². The van der Waals surface area contributed by atoms with E-state index in [4.69, 9.17) is 0 Å². The Balaban J connectivity index is 3.03. The highest BCUT2D eigenvalue weighted by molar-refractivity contribution is 4.66. The minimum absolute atomic E-state index is 0.220. The predicted octanol–water partition coefficient (Wildman–Crippen LogP) is 3.27. The Morgan fingerprint density at radius 1 is 1.07 bits per heavy atom. The average molecular weight is 209 g/mol. The molecule has 0 saturated carbocycles. The van der Waals surface area contributed by atoms with Crippen LogP contribution in [-0.4, -0.2) is 19.3 Å². The first-order chi connectivity index (χ1) is 6.56. The van der Waals surface area contributed by atoms with Crippen molar-refractivity contribution >= 4 is 0 Å². The molecule has 0 unspecified atom stereocenters. The van der Waals surface area contributed by atoms with E-state index in [9.17, 15) is 13.2 Å². The Labute approximate surface area is 83.4 Å². The molecule has 0 rings (SSSR count). The van der Waals surface area contributed by atoms with Gasteiger partial charge in [-0.1, -0.05) is 6.08 Å². The van der Waals surface area contributed by atoms with Crippen molar-refractivity contribution in [2.45, 2.75) is 38.3 Å². The number of halogens is 3. The van der Waals surface area contributed by atoms with Crippen LogP contribution in [-0.2, 0) is 0 Å². The largest absolute Gasteiger partial charge is 0.389 e. The second-order valence-corrected chi connectivity index (χ2v) is 3.25. The summed E-state index contributed by atoms with van der Waals surface area (Å²) in [5, 5.41) is 3.09. The predicted molar refractivity (Wildman–Crippen MR) is 52.2 cm³/mol. The van der Waals surface area contributed by atoms with Gasteiger partial charge in [0.2, 0.25) is 0 Å². The van der Waals surface area contributed by atoms with Crippen LogP contribution in [0.4, 0.5) is 13.2 Å². The minimum Gasteiger partial charge on any atom is -0.317 e. The smallest absolute Gasteiger partial charge is 0.317 e. The molecule has 0 radical (unpaired) electrons. The number of hydrogen-bond acceptors (Lipinski definition) is 1. The summed E-state index contributed by atoms with van der Waals surface area (Å²) in [4.78, 5) is 0. The van der Waals surface area contributed by atoms with Crippen molar-refractivity contribution in [1.29, 1.82) is 0 Å². The van der Waals surface area contributed by atoms with Gasteiger partial charge >= 0.3 is 6.18 Å². The molecule has 0 bridgehead atoms. The van der Waals surface area contributed by atoms with Crippen LogP contribution in [0, 0.1) is 0 Å². The van der Waals surface area contributed by atoms with Gasteiger partial charge in [-0.05, 0) is 38.8 Å². The van der Waals surface area contributed by atoms with Crippen LogP contribution < -0.4 is 5.32 Å². The molecule has 0 aromatic heterocycles. The topological polar surface area (TPSA) is 12.0 Å². The lowest BCUT2D eigenvalue weighted by molar-refractivity contribution is -0.135. The maximum atomic E-state index is 11.7. The highest BCUT2D eigenvalue weighted by Gasteiger charge is 2.25. The molecule has 0 saturated heterocycles. The summed E-state index contributed by atoms with van der Waals surface area (Å²) < 4.78 is 35.1. The number of hydrogen-bond donors (Lipinski definition) is 1. The Kier molecular flexibility index (Phi) is 7.57. The van der Waals surface area contributed by atoms with Crippen LogP contribution in [0.3, 0.4) is 0 Å². The lowest BCUT2D eigenvalue weighted by Crippen LogP contribution is -2.17. The lowest BCUT2D eigenvalue weighted by Gasteiger charge is -2.06. The van der Waals surface area contributed by atoms with Crippen molar-refractivity contribution in [3.05, 3.63) is 12.7 Å². The standard InChI is InChI=1S/C10H18F3N/c1-2-3-5-8-14-9-6-4-7-10(11,12)13/h2,14H,1,3-9H2. The first-order valence-electron chi connectivity index (χ1n) is 4.94.